The highest BCUT2D eigenvalue weighted by atomic mass is 16.4. The molecule has 1 aliphatic rings. The van der Waals surface area contributed by atoms with E-state index in [9.17, 15) is 9.90 Å². The monoisotopic (exact) mass is 257 g/mol. The summed E-state index contributed by atoms with van der Waals surface area (Å²) in [6, 6.07) is 0.0488. The van der Waals surface area contributed by atoms with E-state index in [-0.39, 0.29) is 11.9 Å². The number of piperidine rings is 1. The van der Waals surface area contributed by atoms with Gasteiger partial charge in [0, 0.05) is 19.0 Å². The highest BCUT2D eigenvalue weighted by Gasteiger charge is 2.32. The van der Waals surface area contributed by atoms with E-state index in [0.29, 0.717) is 24.8 Å². The second-order valence-electron chi connectivity index (χ2n) is 5.45. The van der Waals surface area contributed by atoms with E-state index >= 15 is 0 Å². The average Bonchev–Trinajstić information content (AvgIpc) is 2.27. The molecule has 0 aromatic carbocycles. The molecule has 0 aromatic heterocycles. The van der Waals surface area contributed by atoms with E-state index in [1.54, 1.807) is 0 Å². The Balaban J connectivity index is 2.63. The van der Waals surface area contributed by atoms with Gasteiger partial charge in [-0.3, -0.25) is 0 Å². The fourth-order valence-corrected chi connectivity index (χ4v) is 2.68. The second-order valence-corrected chi connectivity index (χ2v) is 5.45. The summed E-state index contributed by atoms with van der Waals surface area (Å²) in [5, 5.41) is 20.7. The zero-order chi connectivity index (χ0) is 13.7. The van der Waals surface area contributed by atoms with Crippen molar-refractivity contribution in [3.05, 3.63) is 0 Å². The Bertz CT molecular complexity index is 318. The van der Waals surface area contributed by atoms with Crippen LogP contribution in [-0.2, 0) is 0 Å². The number of carbonyl (C=O) groups is 1. The van der Waals surface area contributed by atoms with Crippen molar-refractivity contribution in [1.82, 2.24) is 4.90 Å². The number of amides is 1. The summed E-state index contributed by atoms with van der Waals surface area (Å²) in [5.41, 5.74) is 5.52. The fraction of sp³-hybridized carbons (Fsp3) is 0.833. The summed E-state index contributed by atoms with van der Waals surface area (Å²) in [6.45, 7) is 4.72. The van der Waals surface area contributed by atoms with Gasteiger partial charge in [-0.05, 0) is 31.1 Å². The molecule has 1 saturated heterocycles. The van der Waals surface area contributed by atoms with Gasteiger partial charge in [-0.25, -0.2) is 4.79 Å². The minimum Gasteiger partial charge on any atom is -0.465 e. The summed E-state index contributed by atoms with van der Waals surface area (Å²) in [5.74, 6) is 0.992. The van der Waals surface area contributed by atoms with Crippen LogP contribution in [0.15, 0.2) is 5.16 Å². The van der Waals surface area contributed by atoms with Crippen molar-refractivity contribution in [2.45, 2.75) is 45.6 Å². The van der Waals surface area contributed by atoms with E-state index in [4.69, 9.17) is 10.9 Å². The molecule has 0 aromatic rings. The summed E-state index contributed by atoms with van der Waals surface area (Å²) in [7, 11) is 0. The zero-order valence-corrected chi connectivity index (χ0v) is 11.0. The highest BCUT2D eigenvalue weighted by Crippen LogP contribution is 2.29. The average molecular weight is 257 g/mol. The van der Waals surface area contributed by atoms with Crippen LogP contribution in [-0.4, -0.2) is 39.7 Å². The molecule has 0 saturated carbocycles. The minimum atomic E-state index is -0.845. The fourth-order valence-electron chi connectivity index (χ4n) is 2.68. The molecule has 1 fully saturated rings. The Kier molecular flexibility index (Phi) is 5.25. The van der Waals surface area contributed by atoms with E-state index in [1.807, 2.05) is 0 Å². The molecule has 1 aliphatic heterocycles. The Morgan fingerprint density at radius 3 is 2.72 bits per heavy atom. The molecule has 6 heteroatoms. The van der Waals surface area contributed by atoms with Crippen molar-refractivity contribution in [3.8, 4) is 0 Å². The Hall–Kier alpha value is -1.46. The van der Waals surface area contributed by atoms with Gasteiger partial charge in [0.1, 0.15) is 5.84 Å². The topological polar surface area (TPSA) is 99.2 Å². The van der Waals surface area contributed by atoms with Crippen LogP contribution < -0.4 is 5.73 Å². The van der Waals surface area contributed by atoms with Crippen molar-refractivity contribution in [2.75, 3.05) is 6.54 Å². The first-order valence-corrected chi connectivity index (χ1v) is 6.40. The molecule has 2 atom stereocenters. The van der Waals surface area contributed by atoms with Crippen molar-refractivity contribution in [1.29, 1.82) is 0 Å². The second kappa shape index (κ2) is 6.47. The van der Waals surface area contributed by atoms with Gasteiger partial charge in [-0.15, -0.1) is 0 Å². The lowest BCUT2D eigenvalue weighted by Crippen LogP contribution is -2.46. The largest absolute Gasteiger partial charge is 0.465 e. The summed E-state index contributed by atoms with van der Waals surface area (Å²) >= 11 is 0. The number of oxime groups is 1. The zero-order valence-electron chi connectivity index (χ0n) is 11.0. The number of hydrogen-bond donors (Lipinski definition) is 3. The predicted molar refractivity (Wildman–Crippen MR) is 68.7 cm³/mol. The third-order valence-electron chi connectivity index (χ3n) is 3.44. The number of nitrogens with two attached hydrogens (primary N) is 1. The molecule has 4 N–H and O–H groups in total. The number of amidine groups is 1. The molecule has 104 valence electrons. The molecule has 1 heterocycles. The maximum absolute atomic E-state index is 11.2. The van der Waals surface area contributed by atoms with E-state index < -0.39 is 6.09 Å². The molecule has 0 aliphatic carbocycles. The number of hydrogen-bond acceptors (Lipinski definition) is 3. The van der Waals surface area contributed by atoms with Crippen LogP contribution in [0.25, 0.3) is 0 Å². The minimum absolute atomic E-state index is 0.0488. The van der Waals surface area contributed by atoms with Gasteiger partial charge in [-0.1, -0.05) is 19.0 Å². The molecule has 0 radical (unpaired) electrons. The van der Waals surface area contributed by atoms with Gasteiger partial charge >= 0.3 is 6.09 Å². The lowest BCUT2D eigenvalue weighted by atomic mass is 9.85. The maximum Gasteiger partial charge on any atom is 0.407 e. The van der Waals surface area contributed by atoms with Crippen LogP contribution in [0.1, 0.15) is 39.5 Å². The molecular formula is C12H23N3O3. The van der Waals surface area contributed by atoms with Crippen LogP contribution in [0.4, 0.5) is 4.79 Å². The van der Waals surface area contributed by atoms with Gasteiger partial charge in [0.15, 0.2) is 0 Å². The molecule has 1 amide bonds. The van der Waals surface area contributed by atoms with Crippen molar-refractivity contribution >= 4 is 11.9 Å². The molecule has 0 spiro atoms. The first kappa shape index (κ1) is 14.6. The maximum atomic E-state index is 11.2. The summed E-state index contributed by atoms with van der Waals surface area (Å²) in [4.78, 5) is 12.7. The van der Waals surface area contributed by atoms with Crippen molar-refractivity contribution in [2.24, 2.45) is 22.7 Å². The van der Waals surface area contributed by atoms with Crippen molar-refractivity contribution < 1.29 is 15.1 Å². The number of likely N-dealkylation sites (tertiary alicyclic amines) is 1. The normalized spacial score (nSPS) is 25.5. The summed E-state index contributed by atoms with van der Waals surface area (Å²) < 4.78 is 0. The Morgan fingerprint density at radius 2 is 2.22 bits per heavy atom. The first-order chi connectivity index (χ1) is 8.43. The lowest BCUT2D eigenvalue weighted by molar-refractivity contribution is 0.0822. The number of carboxylic acid groups (broad SMARTS) is 1. The molecule has 0 bridgehead atoms. The van der Waals surface area contributed by atoms with E-state index in [2.05, 4.69) is 19.0 Å². The van der Waals surface area contributed by atoms with Crippen LogP contribution in [0, 0.1) is 11.8 Å². The smallest absolute Gasteiger partial charge is 0.407 e. The van der Waals surface area contributed by atoms with Crippen LogP contribution >= 0.6 is 0 Å². The Morgan fingerprint density at radius 1 is 1.56 bits per heavy atom. The van der Waals surface area contributed by atoms with E-state index in [1.165, 1.54) is 4.90 Å². The van der Waals surface area contributed by atoms with Gasteiger partial charge in [0.25, 0.3) is 0 Å². The van der Waals surface area contributed by atoms with Crippen LogP contribution in [0.2, 0.25) is 0 Å². The standard InChI is InChI=1S/C12H23N3O3/c1-8(2)5-10-6-9(7-11(13)14-18)3-4-15(10)12(16)17/h8-10,18H,3-7H2,1-2H3,(H2,13,14)(H,16,17)/t9-,10+/m1/s1. The van der Waals surface area contributed by atoms with Gasteiger partial charge < -0.3 is 20.9 Å². The first-order valence-electron chi connectivity index (χ1n) is 6.40. The summed E-state index contributed by atoms with van der Waals surface area (Å²) in [6.07, 6.45) is 2.12. The number of nitrogens with zero attached hydrogens (tertiary/aromatic N) is 2. The SMILES string of the molecule is CC(C)C[C@H]1C[C@H](C/C(N)=N/O)CCN1C(=O)O. The Labute approximate surface area is 107 Å². The third kappa shape index (κ3) is 4.09. The molecule has 0 unspecified atom stereocenters. The van der Waals surface area contributed by atoms with E-state index in [0.717, 1.165) is 19.3 Å². The van der Waals surface area contributed by atoms with Crippen LogP contribution in [0.5, 0.6) is 0 Å². The van der Waals surface area contributed by atoms with Crippen LogP contribution in [0.3, 0.4) is 0 Å². The van der Waals surface area contributed by atoms with Gasteiger partial charge in [0.2, 0.25) is 0 Å². The number of rotatable bonds is 4. The highest BCUT2D eigenvalue weighted by molar-refractivity contribution is 5.79. The molecular weight excluding hydrogens is 234 g/mol. The third-order valence-corrected chi connectivity index (χ3v) is 3.44. The molecule has 18 heavy (non-hydrogen) atoms. The quantitative estimate of drug-likeness (QED) is 0.310. The van der Waals surface area contributed by atoms with Gasteiger partial charge in [0.05, 0.1) is 0 Å². The molecule has 1 rings (SSSR count). The predicted octanol–water partition coefficient (Wildman–Crippen LogP) is 1.93. The lowest BCUT2D eigenvalue weighted by Gasteiger charge is -2.38. The van der Waals surface area contributed by atoms with Gasteiger partial charge in [-0.2, -0.15) is 0 Å². The molecule has 6 nitrogen and oxygen atoms in total. The van der Waals surface area contributed by atoms with Crippen molar-refractivity contribution in [3.63, 3.8) is 0 Å².